The van der Waals surface area contributed by atoms with E-state index < -0.39 is 12.1 Å². The van der Waals surface area contributed by atoms with Crippen molar-refractivity contribution >= 4 is 29.1 Å². The van der Waals surface area contributed by atoms with Gasteiger partial charge in [0.05, 0.1) is 5.69 Å². The second-order valence-electron chi connectivity index (χ2n) is 8.02. The van der Waals surface area contributed by atoms with E-state index >= 15 is 0 Å². The molecule has 0 saturated heterocycles. The number of pyridine rings is 1. The smallest absolute Gasteiger partial charge is 0.333 e. The lowest BCUT2D eigenvalue weighted by molar-refractivity contribution is -0.149. The van der Waals surface area contributed by atoms with Crippen molar-refractivity contribution in [2.45, 2.75) is 19.4 Å². The number of aromatic nitrogens is 1. The highest BCUT2D eigenvalue weighted by molar-refractivity contribution is 6.01. The number of carboxylic acids is 1. The summed E-state index contributed by atoms with van der Waals surface area (Å²) in [7, 11) is 5.63. The van der Waals surface area contributed by atoms with Crippen molar-refractivity contribution < 1.29 is 19.4 Å². The highest BCUT2D eigenvalue weighted by Gasteiger charge is 2.18. The molecule has 2 N–H and O–H groups in total. The Labute approximate surface area is 199 Å². The van der Waals surface area contributed by atoms with Crippen LogP contribution in [0.15, 0.2) is 66.9 Å². The minimum atomic E-state index is -0.992. The number of nitrogens with one attached hydrogen (secondary N) is 1. The van der Waals surface area contributed by atoms with Crippen LogP contribution in [0.25, 0.3) is 11.3 Å². The Morgan fingerprint density at radius 2 is 1.76 bits per heavy atom. The molecule has 0 aliphatic heterocycles. The molecule has 0 bridgehead atoms. The topological polar surface area (TPSA) is 95.0 Å². The third-order valence-electron chi connectivity index (χ3n) is 5.36. The van der Waals surface area contributed by atoms with E-state index in [1.807, 2.05) is 79.7 Å². The highest BCUT2D eigenvalue weighted by Crippen LogP contribution is 2.24. The number of hydrogen-bond acceptors (Lipinski definition) is 5. The fraction of sp³-hybridized carbons (Fsp3) is 0.269. The fourth-order valence-electron chi connectivity index (χ4n) is 3.39. The second kappa shape index (κ2) is 11.3. The highest BCUT2D eigenvalue weighted by atomic mass is 16.5. The monoisotopic (exact) mass is 462 g/mol. The molecule has 0 fully saturated rings. The first kappa shape index (κ1) is 24.7. The molecule has 3 aromatic rings. The average molecular weight is 463 g/mol. The molecule has 0 saturated carbocycles. The van der Waals surface area contributed by atoms with Crippen molar-refractivity contribution in [3.63, 3.8) is 0 Å². The normalized spacial score (nSPS) is 11.5. The molecule has 0 radical (unpaired) electrons. The van der Waals surface area contributed by atoms with Gasteiger partial charge in [0.15, 0.2) is 6.10 Å². The first-order chi connectivity index (χ1) is 16.3. The number of rotatable bonds is 9. The van der Waals surface area contributed by atoms with Gasteiger partial charge >= 0.3 is 12.0 Å². The van der Waals surface area contributed by atoms with Gasteiger partial charge in [-0.05, 0) is 55.0 Å². The zero-order valence-electron chi connectivity index (χ0n) is 19.9. The molecule has 2 amide bonds. The van der Waals surface area contributed by atoms with E-state index in [9.17, 15) is 14.7 Å². The maximum absolute atomic E-state index is 12.8. The van der Waals surface area contributed by atoms with E-state index in [1.54, 1.807) is 20.2 Å². The summed E-state index contributed by atoms with van der Waals surface area (Å²) in [5.41, 5.74) is 4.82. The second-order valence-corrected chi connectivity index (χ2v) is 8.02. The van der Waals surface area contributed by atoms with Gasteiger partial charge in [0.2, 0.25) is 0 Å². The molecule has 0 spiro atoms. The molecule has 34 heavy (non-hydrogen) atoms. The summed E-state index contributed by atoms with van der Waals surface area (Å²) in [6.45, 7) is 2.10. The Kier molecular flexibility index (Phi) is 8.21. The maximum Gasteiger partial charge on any atom is 0.333 e. The van der Waals surface area contributed by atoms with Gasteiger partial charge in [-0.15, -0.1) is 0 Å². The van der Waals surface area contributed by atoms with Gasteiger partial charge in [-0.3, -0.25) is 9.88 Å². The van der Waals surface area contributed by atoms with Gasteiger partial charge in [-0.25, -0.2) is 9.59 Å². The molecule has 178 valence electrons. The van der Waals surface area contributed by atoms with Crippen LogP contribution in [-0.4, -0.2) is 55.9 Å². The van der Waals surface area contributed by atoms with Crippen LogP contribution in [0, 0.1) is 0 Å². The summed E-state index contributed by atoms with van der Waals surface area (Å²) in [5, 5.41) is 12.2. The van der Waals surface area contributed by atoms with Crippen molar-refractivity contribution in [2.75, 3.05) is 42.9 Å². The third kappa shape index (κ3) is 6.32. The lowest BCUT2D eigenvalue weighted by Gasteiger charge is -2.19. The Hall–Kier alpha value is -3.91. The van der Waals surface area contributed by atoms with Crippen molar-refractivity contribution in [3.05, 3.63) is 72.4 Å². The summed E-state index contributed by atoms with van der Waals surface area (Å²) in [4.78, 5) is 32.1. The molecule has 1 unspecified atom stereocenters. The molecule has 1 atom stereocenters. The number of carbonyl (C=O) groups is 2. The van der Waals surface area contributed by atoms with E-state index in [2.05, 4.69) is 10.3 Å². The Morgan fingerprint density at radius 1 is 1.03 bits per heavy atom. The summed E-state index contributed by atoms with van der Waals surface area (Å²) >= 11 is 0. The standard InChI is InChI=1S/C26H30N4O4/c1-5-34-24(25(31)32)15-18-9-14-23(27-17-18)19-7-6-8-22(16-19)30(4)26(33)28-20-10-12-21(13-11-20)29(2)3/h6-14,16-17,24H,5,15H2,1-4H3,(H,28,33)(H,31,32). The maximum atomic E-state index is 12.8. The molecule has 8 heteroatoms. The summed E-state index contributed by atoms with van der Waals surface area (Å²) in [6, 6.07) is 18.6. The molecule has 1 heterocycles. The van der Waals surface area contributed by atoms with E-state index in [4.69, 9.17) is 4.74 Å². The van der Waals surface area contributed by atoms with Gasteiger partial charge in [-0.2, -0.15) is 0 Å². The third-order valence-corrected chi connectivity index (χ3v) is 5.36. The molecule has 3 rings (SSSR count). The molecular formula is C26H30N4O4. The van der Waals surface area contributed by atoms with E-state index in [1.165, 1.54) is 4.90 Å². The number of urea groups is 1. The van der Waals surface area contributed by atoms with Crippen LogP contribution in [0.5, 0.6) is 0 Å². The zero-order chi connectivity index (χ0) is 24.7. The van der Waals surface area contributed by atoms with Crippen LogP contribution in [0.2, 0.25) is 0 Å². The first-order valence-electron chi connectivity index (χ1n) is 11.0. The first-order valence-corrected chi connectivity index (χ1v) is 11.0. The molecular weight excluding hydrogens is 432 g/mol. The molecule has 8 nitrogen and oxygen atoms in total. The Balaban J connectivity index is 1.69. The predicted octanol–water partition coefficient (Wildman–Crippen LogP) is 4.52. The van der Waals surface area contributed by atoms with Crippen LogP contribution in [0.4, 0.5) is 21.9 Å². The van der Waals surface area contributed by atoms with Crippen LogP contribution in [0.3, 0.4) is 0 Å². The van der Waals surface area contributed by atoms with Crippen molar-refractivity contribution in [1.82, 2.24) is 4.98 Å². The fourth-order valence-corrected chi connectivity index (χ4v) is 3.39. The Bertz CT molecular complexity index is 1110. The molecule has 1 aromatic heterocycles. The Morgan fingerprint density at radius 3 is 2.35 bits per heavy atom. The van der Waals surface area contributed by atoms with E-state index in [0.29, 0.717) is 18.0 Å². The number of amides is 2. The van der Waals surface area contributed by atoms with Crippen LogP contribution >= 0.6 is 0 Å². The summed E-state index contributed by atoms with van der Waals surface area (Å²) < 4.78 is 5.27. The lowest BCUT2D eigenvalue weighted by Crippen LogP contribution is -2.31. The number of carbonyl (C=O) groups excluding carboxylic acids is 1. The minimum absolute atomic E-state index is 0.245. The number of hydrogen-bond donors (Lipinski definition) is 2. The van der Waals surface area contributed by atoms with Gasteiger partial charge in [0.25, 0.3) is 0 Å². The summed E-state index contributed by atoms with van der Waals surface area (Å²) in [6.07, 6.45) is 1.01. The average Bonchev–Trinajstić information content (AvgIpc) is 2.84. The van der Waals surface area contributed by atoms with Crippen LogP contribution in [0.1, 0.15) is 12.5 Å². The van der Waals surface area contributed by atoms with Gasteiger partial charge in [0, 0.05) is 63.0 Å². The number of ether oxygens (including phenoxy) is 1. The van der Waals surface area contributed by atoms with E-state index in [-0.39, 0.29) is 12.5 Å². The van der Waals surface area contributed by atoms with Gasteiger partial charge in [-0.1, -0.05) is 18.2 Å². The van der Waals surface area contributed by atoms with Gasteiger partial charge in [0.1, 0.15) is 0 Å². The van der Waals surface area contributed by atoms with Crippen molar-refractivity contribution in [3.8, 4) is 11.3 Å². The largest absolute Gasteiger partial charge is 0.479 e. The predicted molar refractivity (Wildman–Crippen MR) is 135 cm³/mol. The van der Waals surface area contributed by atoms with Crippen LogP contribution in [-0.2, 0) is 16.0 Å². The minimum Gasteiger partial charge on any atom is -0.479 e. The van der Waals surface area contributed by atoms with Crippen LogP contribution < -0.4 is 15.1 Å². The SMILES string of the molecule is CCOC(Cc1ccc(-c2cccc(N(C)C(=O)Nc3ccc(N(C)C)cc3)c2)nc1)C(=O)O. The van der Waals surface area contributed by atoms with E-state index in [0.717, 1.165) is 22.5 Å². The van der Waals surface area contributed by atoms with Crippen molar-refractivity contribution in [1.29, 1.82) is 0 Å². The summed E-state index contributed by atoms with van der Waals surface area (Å²) in [5.74, 6) is -0.992. The van der Waals surface area contributed by atoms with Gasteiger partial charge < -0.3 is 20.1 Å². The number of benzene rings is 2. The molecule has 0 aliphatic carbocycles. The quantitative estimate of drug-likeness (QED) is 0.486. The zero-order valence-corrected chi connectivity index (χ0v) is 19.9. The van der Waals surface area contributed by atoms with Crippen molar-refractivity contribution in [2.24, 2.45) is 0 Å². The number of anilines is 3. The molecule has 0 aliphatic rings. The lowest BCUT2D eigenvalue weighted by atomic mass is 10.1. The molecule has 2 aromatic carbocycles. The number of aliphatic carboxylic acids is 1. The number of nitrogens with zero attached hydrogens (tertiary/aromatic N) is 3. The number of carboxylic acid groups (broad SMARTS) is 1.